The Hall–Kier alpha value is -2.19. The second-order valence-electron chi connectivity index (χ2n) is 4.51. The van der Waals surface area contributed by atoms with Crippen molar-refractivity contribution in [1.82, 2.24) is 19.9 Å². The fraction of sp³-hybridized carbons (Fsp3) is 0.308. The average Bonchev–Trinajstić information content (AvgIpc) is 2.87. The summed E-state index contributed by atoms with van der Waals surface area (Å²) in [6.45, 7) is 2.81. The number of nitrogens with zero attached hydrogens (tertiary/aromatic N) is 5. The normalized spacial score (nSPS) is 16.2. The van der Waals surface area contributed by atoms with Crippen LogP contribution < -0.4 is 0 Å². The maximum atomic E-state index is 8.85. The average molecular weight is 239 g/mol. The van der Waals surface area contributed by atoms with Gasteiger partial charge in [-0.1, -0.05) is 12.1 Å². The van der Waals surface area contributed by atoms with Crippen LogP contribution in [0.1, 0.15) is 17.2 Å². The third-order valence-corrected chi connectivity index (χ3v) is 3.16. The van der Waals surface area contributed by atoms with Gasteiger partial charge in [0.1, 0.15) is 0 Å². The molecule has 1 aliphatic heterocycles. The Morgan fingerprint density at radius 2 is 2.06 bits per heavy atom. The first-order valence-corrected chi connectivity index (χ1v) is 5.92. The molecule has 0 spiro atoms. The van der Waals surface area contributed by atoms with Crippen LogP contribution in [0.3, 0.4) is 0 Å². The number of nitriles is 1. The first kappa shape index (κ1) is 10.9. The molecule has 1 saturated heterocycles. The van der Waals surface area contributed by atoms with Gasteiger partial charge in [0, 0.05) is 19.6 Å². The molecule has 1 fully saturated rings. The van der Waals surface area contributed by atoms with Crippen LogP contribution >= 0.6 is 0 Å². The number of benzene rings is 1. The zero-order valence-corrected chi connectivity index (χ0v) is 9.90. The van der Waals surface area contributed by atoms with Crippen molar-refractivity contribution >= 4 is 0 Å². The molecule has 5 heteroatoms. The molecule has 0 aliphatic carbocycles. The summed E-state index contributed by atoms with van der Waals surface area (Å²) in [5.41, 5.74) is 1.90. The van der Waals surface area contributed by atoms with E-state index in [9.17, 15) is 0 Å². The molecule has 0 atom stereocenters. The van der Waals surface area contributed by atoms with Gasteiger partial charge >= 0.3 is 0 Å². The van der Waals surface area contributed by atoms with Crippen molar-refractivity contribution in [3.8, 4) is 6.07 Å². The second-order valence-corrected chi connectivity index (χ2v) is 4.51. The number of rotatable bonds is 3. The van der Waals surface area contributed by atoms with Crippen LogP contribution in [-0.2, 0) is 6.54 Å². The van der Waals surface area contributed by atoms with Crippen LogP contribution in [0.25, 0.3) is 0 Å². The molecule has 18 heavy (non-hydrogen) atoms. The van der Waals surface area contributed by atoms with Crippen molar-refractivity contribution in [3.63, 3.8) is 0 Å². The molecule has 1 aromatic heterocycles. The molecule has 2 aromatic rings. The van der Waals surface area contributed by atoms with E-state index in [4.69, 9.17) is 5.26 Å². The van der Waals surface area contributed by atoms with Crippen molar-refractivity contribution in [2.45, 2.75) is 12.6 Å². The molecule has 1 aromatic carbocycles. The Morgan fingerprint density at radius 1 is 1.28 bits per heavy atom. The zero-order valence-electron chi connectivity index (χ0n) is 9.90. The Morgan fingerprint density at radius 3 is 2.78 bits per heavy atom. The van der Waals surface area contributed by atoms with Gasteiger partial charge in [0.15, 0.2) is 0 Å². The molecule has 5 nitrogen and oxygen atoms in total. The van der Waals surface area contributed by atoms with Crippen molar-refractivity contribution in [1.29, 1.82) is 5.26 Å². The molecule has 0 bridgehead atoms. The van der Waals surface area contributed by atoms with Crippen LogP contribution in [0.2, 0.25) is 0 Å². The predicted molar refractivity (Wildman–Crippen MR) is 65.5 cm³/mol. The van der Waals surface area contributed by atoms with E-state index in [-0.39, 0.29) is 0 Å². The monoisotopic (exact) mass is 239 g/mol. The topological polar surface area (TPSA) is 57.7 Å². The Kier molecular flexibility index (Phi) is 2.79. The van der Waals surface area contributed by atoms with Gasteiger partial charge < -0.3 is 0 Å². The van der Waals surface area contributed by atoms with Gasteiger partial charge in [0.05, 0.1) is 30.1 Å². The van der Waals surface area contributed by atoms with Crippen LogP contribution in [0.15, 0.2) is 36.7 Å². The summed E-state index contributed by atoms with van der Waals surface area (Å²) in [5, 5.41) is 17.1. The van der Waals surface area contributed by atoms with Crippen molar-refractivity contribution in [2.75, 3.05) is 13.1 Å². The molecule has 0 N–H and O–H groups in total. The van der Waals surface area contributed by atoms with E-state index in [0.717, 1.165) is 25.2 Å². The standard InChI is InChI=1S/C13H13N5/c14-7-11-2-1-3-12(6-11)8-17-9-13(10-17)18-15-4-5-16-18/h1-6,13H,8-10H2. The van der Waals surface area contributed by atoms with E-state index >= 15 is 0 Å². The van der Waals surface area contributed by atoms with Gasteiger partial charge in [0.2, 0.25) is 0 Å². The van der Waals surface area contributed by atoms with Crippen molar-refractivity contribution in [2.24, 2.45) is 0 Å². The lowest BCUT2D eigenvalue weighted by molar-refractivity contribution is 0.0814. The fourth-order valence-electron chi connectivity index (χ4n) is 2.23. The maximum absolute atomic E-state index is 8.85. The highest BCUT2D eigenvalue weighted by molar-refractivity contribution is 5.32. The lowest BCUT2D eigenvalue weighted by Gasteiger charge is -2.38. The maximum Gasteiger partial charge on any atom is 0.0991 e. The number of likely N-dealkylation sites (tertiary alicyclic amines) is 1. The molecular weight excluding hydrogens is 226 g/mol. The second kappa shape index (κ2) is 4.59. The van der Waals surface area contributed by atoms with Crippen LogP contribution in [0.4, 0.5) is 0 Å². The van der Waals surface area contributed by atoms with Gasteiger partial charge in [-0.3, -0.25) is 4.90 Å². The van der Waals surface area contributed by atoms with E-state index < -0.39 is 0 Å². The summed E-state index contributed by atoms with van der Waals surface area (Å²) in [6.07, 6.45) is 3.41. The van der Waals surface area contributed by atoms with Gasteiger partial charge in [-0.05, 0) is 17.7 Å². The third-order valence-electron chi connectivity index (χ3n) is 3.16. The summed E-state index contributed by atoms with van der Waals surface area (Å²) in [5.74, 6) is 0. The molecular formula is C13H13N5. The van der Waals surface area contributed by atoms with E-state index in [1.54, 1.807) is 17.2 Å². The number of aromatic nitrogens is 3. The number of hydrogen-bond donors (Lipinski definition) is 0. The smallest absolute Gasteiger partial charge is 0.0991 e. The van der Waals surface area contributed by atoms with E-state index in [1.165, 1.54) is 5.56 Å². The highest BCUT2D eigenvalue weighted by Gasteiger charge is 2.29. The SMILES string of the molecule is N#Cc1cccc(CN2CC(n3nccn3)C2)c1. The van der Waals surface area contributed by atoms with E-state index in [0.29, 0.717) is 6.04 Å². The minimum atomic E-state index is 0.388. The zero-order chi connectivity index (χ0) is 12.4. The minimum Gasteiger partial charge on any atom is -0.295 e. The Labute approximate surface area is 105 Å². The molecule has 0 amide bonds. The number of hydrogen-bond acceptors (Lipinski definition) is 4. The summed E-state index contributed by atoms with van der Waals surface area (Å²) in [6, 6.07) is 10.3. The van der Waals surface area contributed by atoms with Crippen molar-refractivity contribution in [3.05, 3.63) is 47.8 Å². The van der Waals surface area contributed by atoms with Crippen molar-refractivity contribution < 1.29 is 0 Å². The first-order chi connectivity index (χ1) is 8.85. The van der Waals surface area contributed by atoms with Crippen LogP contribution in [-0.4, -0.2) is 33.0 Å². The van der Waals surface area contributed by atoms with Gasteiger partial charge in [0.25, 0.3) is 0 Å². The fourth-order valence-corrected chi connectivity index (χ4v) is 2.23. The highest BCUT2D eigenvalue weighted by atomic mass is 15.5. The lowest BCUT2D eigenvalue weighted by atomic mass is 10.1. The lowest BCUT2D eigenvalue weighted by Crippen LogP contribution is -2.47. The first-order valence-electron chi connectivity index (χ1n) is 5.92. The van der Waals surface area contributed by atoms with Crippen LogP contribution in [0.5, 0.6) is 0 Å². The molecule has 3 rings (SSSR count). The predicted octanol–water partition coefficient (Wildman–Crippen LogP) is 1.21. The van der Waals surface area contributed by atoms with E-state index in [1.807, 2.05) is 18.2 Å². The summed E-state index contributed by atoms with van der Waals surface area (Å²) < 4.78 is 0. The molecule has 0 unspecified atom stereocenters. The molecule has 0 saturated carbocycles. The Balaban J connectivity index is 1.58. The molecule has 0 radical (unpaired) electrons. The Bertz CT molecular complexity index is 563. The quantitative estimate of drug-likeness (QED) is 0.807. The van der Waals surface area contributed by atoms with Crippen LogP contribution in [0, 0.1) is 11.3 Å². The van der Waals surface area contributed by atoms with Gasteiger partial charge in [-0.25, -0.2) is 0 Å². The summed E-state index contributed by atoms with van der Waals surface area (Å²) in [7, 11) is 0. The third kappa shape index (κ3) is 2.11. The van der Waals surface area contributed by atoms with Gasteiger partial charge in [-0.2, -0.15) is 20.3 Å². The van der Waals surface area contributed by atoms with E-state index in [2.05, 4.69) is 27.2 Å². The largest absolute Gasteiger partial charge is 0.295 e. The minimum absolute atomic E-state index is 0.388. The molecule has 90 valence electrons. The summed E-state index contributed by atoms with van der Waals surface area (Å²) in [4.78, 5) is 4.09. The highest BCUT2D eigenvalue weighted by Crippen LogP contribution is 2.21. The molecule has 1 aliphatic rings. The van der Waals surface area contributed by atoms with Gasteiger partial charge in [-0.15, -0.1) is 0 Å². The summed E-state index contributed by atoms with van der Waals surface area (Å²) >= 11 is 0. The molecule has 2 heterocycles.